The zero-order chi connectivity index (χ0) is 18.0. The van der Waals surface area contributed by atoms with Crippen LogP contribution in [0.1, 0.15) is 38.3 Å². The number of aromatic amines is 1. The molecule has 0 bridgehead atoms. The summed E-state index contributed by atoms with van der Waals surface area (Å²) < 4.78 is 2.18. The first-order chi connectivity index (χ1) is 12.0. The molecule has 1 aromatic carbocycles. The van der Waals surface area contributed by atoms with Gasteiger partial charge < -0.3 is 5.32 Å². The highest BCUT2D eigenvalue weighted by Crippen LogP contribution is 2.26. The highest BCUT2D eigenvalue weighted by atomic mass is 32.1. The molecule has 1 amide bonds. The van der Waals surface area contributed by atoms with E-state index >= 15 is 0 Å². The number of carbonyl (C=O) groups excluding carboxylic acids is 1. The number of hydrogen-bond acceptors (Lipinski definition) is 4. The fourth-order valence-corrected chi connectivity index (χ4v) is 3.56. The molecule has 0 saturated heterocycles. The van der Waals surface area contributed by atoms with Crippen molar-refractivity contribution in [2.45, 2.75) is 32.7 Å². The molecule has 3 aromatic rings. The summed E-state index contributed by atoms with van der Waals surface area (Å²) in [4.78, 5) is 13.7. The van der Waals surface area contributed by atoms with E-state index in [2.05, 4.69) is 29.4 Å². The third kappa shape index (κ3) is 3.72. The van der Waals surface area contributed by atoms with Crippen molar-refractivity contribution in [3.8, 4) is 10.7 Å². The third-order valence-electron chi connectivity index (χ3n) is 4.06. The fraction of sp³-hybridized carbons (Fsp3) is 0.278. The lowest BCUT2D eigenvalue weighted by Crippen LogP contribution is -2.24. The van der Waals surface area contributed by atoms with Crippen molar-refractivity contribution < 1.29 is 4.79 Å². The Hall–Kier alpha value is -2.25. The van der Waals surface area contributed by atoms with E-state index in [4.69, 9.17) is 12.2 Å². The van der Waals surface area contributed by atoms with Gasteiger partial charge in [-0.25, -0.2) is 0 Å². The number of nitrogens with one attached hydrogen (secondary N) is 2. The highest BCUT2D eigenvalue weighted by Gasteiger charge is 2.21. The Morgan fingerprint density at radius 1 is 1.24 bits per heavy atom. The van der Waals surface area contributed by atoms with E-state index in [1.165, 1.54) is 5.56 Å². The number of hydrogen-bond donors (Lipinski definition) is 2. The summed E-state index contributed by atoms with van der Waals surface area (Å²) in [7, 11) is 0. The molecule has 0 aliphatic heterocycles. The van der Waals surface area contributed by atoms with Crippen LogP contribution < -0.4 is 5.32 Å². The van der Waals surface area contributed by atoms with Crippen molar-refractivity contribution in [1.82, 2.24) is 14.8 Å². The second-order valence-corrected chi connectivity index (χ2v) is 7.48. The van der Waals surface area contributed by atoms with Crippen molar-refractivity contribution in [2.75, 3.05) is 5.32 Å². The summed E-state index contributed by atoms with van der Waals surface area (Å²) in [6.45, 7) is 6.10. The molecule has 25 heavy (non-hydrogen) atoms. The van der Waals surface area contributed by atoms with Gasteiger partial charge in [-0.05, 0) is 54.2 Å². The van der Waals surface area contributed by atoms with Crippen LogP contribution in [0.4, 0.5) is 5.69 Å². The topological polar surface area (TPSA) is 62.7 Å². The van der Waals surface area contributed by atoms with Gasteiger partial charge in [0.2, 0.25) is 5.91 Å². The smallest absolute Gasteiger partial charge is 0.247 e. The van der Waals surface area contributed by atoms with E-state index in [1.807, 2.05) is 48.7 Å². The van der Waals surface area contributed by atoms with Gasteiger partial charge in [0.05, 0.1) is 4.88 Å². The minimum absolute atomic E-state index is 0.132. The number of H-pyrrole nitrogens is 1. The summed E-state index contributed by atoms with van der Waals surface area (Å²) >= 11 is 6.88. The fourth-order valence-electron chi connectivity index (χ4n) is 2.56. The Kier molecular flexibility index (Phi) is 5.15. The maximum atomic E-state index is 12.7. The molecular weight excluding hydrogens is 352 g/mol. The average molecular weight is 373 g/mol. The summed E-state index contributed by atoms with van der Waals surface area (Å²) in [5, 5.41) is 12.0. The zero-order valence-corrected chi connectivity index (χ0v) is 15.9. The van der Waals surface area contributed by atoms with Crippen LogP contribution in [0.5, 0.6) is 0 Å². The van der Waals surface area contributed by atoms with E-state index in [1.54, 1.807) is 15.9 Å². The molecule has 130 valence electrons. The molecule has 1 atom stereocenters. The van der Waals surface area contributed by atoms with Crippen molar-refractivity contribution in [1.29, 1.82) is 0 Å². The molecule has 0 aliphatic rings. The van der Waals surface area contributed by atoms with Crippen molar-refractivity contribution in [2.24, 2.45) is 0 Å². The summed E-state index contributed by atoms with van der Waals surface area (Å²) in [5.74, 6) is 1.01. The Balaban J connectivity index is 1.81. The SMILES string of the molecule is CC(C)c1ccc(NC(=O)[C@H](C)n2c(-c3cccs3)n[nH]c2=S)cc1. The van der Waals surface area contributed by atoms with E-state index in [9.17, 15) is 4.79 Å². The van der Waals surface area contributed by atoms with E-state index in [-0.39, 0.29) is 5.91 Å². The van der Waals surface area contributed by atoms with E-state index in [0.29, 0.717) is 16.5 Å². The van der Waals surface area contributed by atoms with Crippen LogP contribution >= 0.6 is 23.6 Å². The lowest BCUT2D eigenvalue weighted by molar-refractivity contribution is -0.118. The first-order valence-corrected chi connectivity index (χ1v) is 9.37. The molecule has 2 heterocycles. The first-order valence-electron chi connectivity index (χ1n) is 8.09. The lowest BCUT2D eigenvalue weighted by atomic mass is 10.0. The van der Waals surface area contributed by atoms with Gasteiger partial charge in [-0.2, -0.15) is 5.10 Å². The molecule has 0 unspecified atom stereocenters. The van der Waals surface area contributed by atoms with Crippen molar-refractivity contribution >= 4 is 35.1 Å². The van der Waals surface area contributed by atoms with Crippen LogP contribution in [0.15, 0.2) is 41.8 Å². The Morgan fingerprint density at radius 3 is 2.56 bits per heavy atom. The number of thiophene rings is 1. The molecule has 0 aliphatic carbocycles. The number of aromatic nitrogens is 3. The van der Waals surface area contributed by atoms with Crippen molar-refractivity contribution in [3.63, 3.8) is 0 Å². The zero-order valence-electron chi connectivity index (χ0n) is 14.3. The average Bonchev–Trinajstić information content (AvgIpc) is 3.24. The first kappa shape index (κ1) is 17.6. The minimum Gasteiger partial charge on any atom is -0.324 e. The Morgan fingerprint density at radius 2 is 1.96 bits per heavy atom. The Bertz CT molecular complexity index is 907. The highest BCUT2D eigenvalue weighted by molar-refractivity contribution is 7.71. The molecule has 5 nitrogen and oxygen atoms in total. The molecular formula is C18H20N4OS2. The van der Waals surface area contributed by atoms with Gasteiger partial charge in [-0.1, -0.05) is 32.0 Å². The number of carbonyl (C=O) groups is 1. The normalized spacial score (nSPS) is 12.3. The number of nitrogens with zero attached hydrogens (tertiary/aromatic N) is 2. The van der Waals surface area contributed by atoms with Crippen LogP contribution in [0, 0.1) is 4.77 Å². The predicted molar refractivity (Wildman–Crippen MR) is 105 cm³/mol. The molecule has 0 saturated carbocycles. The molecule has 0 fully saturated rings. The van der Waals surface area contributed by atoms with Gasteiger partial charge in [-0.15, -0.1) is 11.3 Å². The van der Waals surface area contributed by atoms with Gasteiger partial charge in [0, 0.05) is 5.69 Å². The second kappa shape index (κ2) is 7.33. The summed E-state index contributed by atoms with van der Waals surface area (Å²) in [6.07, 6.45) is 0. The standard InChI is InChI=1S/C18H20N4OS2/c1-11(2)13-6-8-14(9-7-13)19-17(23)12(3)22-16(20-21-18(22)24)15-5-4-10-25-15/h4-12H,1-3H3,(H,19,23)(H,21,24)/t12-/m0/s1. The third-order valence-corrected chi connectivity index (χ3v) is 5.21. The van der Waals surface area contributed by atoms with Crippen molar-refractivity contribution in [3.05, 3.63) is 52.1 Å². The largest absolute Gasteiger partial charge is 0.324 e. The monoisotopic (exact) mass is 372 g/mol. The van der Waals surface area contributed by atoms with Crippen LogP contribution in [-0.2, 0) is 4.79 Å². The van der Waals surface area contributed by atoms with E-state index in [0.717, 1.165) is 10.6 Å². The Labute approximate surface area is 155 Å². The van der Waals surface area contributed by atoms with Crippen LogP contribution in [-0.4, -0.2) is 20.7 Å². The predicted octanol–water partition coefficient (Wildman–Crippen LogP) is 4.99. The molecule has 0 radical (unpaired) electrons. The van der Waals surface area contributed by atoms with Gasteiger partial charge in [0.25, 0.3) is 0 Å². The summed E-state index contributed by atoms with van der Waals surface area (Å²) in [6, 6.07) is 11.3. The number of amides is 1. The number of anilines is 1. The van der Waals surface area contributed by atoms with Gasteiger partial charge in [0.15, 0.2) is 10.6 Å². The second-order valence-electron chi connectivity index (χ2n) is 6.14. The number of rotatable bonds is 5. The molecule has 2 N–H and O–H groups in total. The molecule has 0 spiro atoms. The maximum absolute atomic E-state index is 12.7. The van der Waals surface area contributed by atoms with Gasteiger partial charge in [-0.3, -0.25) is 14.5 Å². The molecule has 2 aromatic heterocycles. The number of benzene rings is 1. The van der Waals surface area contributed by atoms with Crippen LogP contribution in [0.2, 0.25) is 0 Å². The van der Waals surface area contributed by atoms with Gasteiger partial charge in [0.1, 0.15) is 6.04 Å². The van der Waals surface area contributed by atoms with Crippen LogP contribution in [0.3, 0.4) is 0 Å². The lowest BCUT2D eigenvalue weighted by Gasteiger charge is -2.15. The summed E-state index contributed by atoms with van der Waals surface area (Å²) in [5.41, 5.74) is 2.01. The molecule has 3 rings (SSSR count). The quantitative estimate of drug-likeness (QED) is 0.620. The minimum atomic E-state index is -0.479. The van der Waals surface area contributed by atoms with E-state index < -0.39 is 6.04 Å². The van der Waals surface area contributed by atoms with Gasteiger partial charge >= 0.3 is 0 Å². The molecule has 7 heteroatoms. The maximum Gasteiger partial charge on any atom is 0.247 e. The van der Waals surface area contributed by atoms with Crippen LogP contribution in [0.25, 0.3) is 10.7 Å².